The van der Waals surface area contributed by atoms with E-state index in [-0.39, 0.29) is 11.8 Å². The number of hydrogen-bond acceptors (Lipinski definition) is 3. The van der Waals surface area contributed by atoms with Crippen molar-refractivity contribution in [3.63, 3.8) is 0 Å². The third kappa shape index (κ3) is 2.17. The van der Waals surface area contributed by atoms with E-state index >= 15 is 0 Å². The van der Waals surface area contributed by atoms with E-state index < -0.39 is 5.60 Å². The fourth-order valence-electron chi connectivity index (χ4n) is 2.86. The smallest absolute Gasteiger partial charge is 0.257 e. The molecule has 21 heavy (non-hydrogen) atoms. The number of rotatable bonds is 3. The summed E-state index contributed by atoms with van der Waals surface area (Å²) in [5.74, 6) is 0.0760. The molecular formula is C17H17NO3. The molecule has 1 heterocycles. The van der Waals surface area contributed by atoms with Crippen LogP contribution in [0.1, 0.15) is 17.0 Å². The summed E-state index contributed by atoms with van der Waals surface area (Å²) < 4.78 is 5.14. The zero-order valence-electron chi connectivity index (χ0n) is 11.7. The highest BCUT2D eigenvalue weighted by Gasteiger charge is 2.50. The van der Waals surface area contributed by atoms with Gasteiger partial charge in [-0.25, -0.2) is 0 Å². The molecule has 4 heteroatoms. The third-order valence-corrected chi connectivity index (χ3v) is 4.05. The second-order valence-electron chi connectivity index (χ2n) is 5.17. The van der Waals surface area contributed by atoms with Crippen LogP contribution in [0, 0.1) is 0 Å². The highest BCUT2D eigenvalue weighted by atomic mass is 16.5. The van der Waals surface area contributed by atoms with Crippen molar-refractivity contribution in [2.45, 2.75) is 11.5 Å². The number of ether oxygens (including phenoxy) is 1. The van der Waals surface area contributed by atoms with Gasteiger partial charge in [-0.1, -0.05) is 42.5 Å². The maximum atomic E-state index is 12.2. The molecule has 3 rings (SSSR count). The second kappa shape index (κ2) is 5.22. The van der Waals surface area contributed by atoms with Crippen LogP contribution in [0.3, 0.4) is 0 Å². The van der Waals surface area contributed by atoms with Gasteiger partial charge in [0.05, 0.1) is 7.11 Å². The molecule has 0 radical (unpaired) electrons. The van der Waals surface area contributed by atoms with Gasteiger partial charge in [-0.3, -0.25) is 4.79 Å². The first-order valence-electron chi connectivity index (χ1n) is 6.86. The minimum absolute atomic E-state index is 0.321. The van der Waals surface area contributed by atoms with Crippen molar-refractivity contribution in [3.8, 4) is 5.75 Å². The van der Waals surface area contributed by atoms with Crippen molar-refractivity contribution in [1.82, 2.24) is 5.32 Å². The number of amides is 1. The molecule has 4 nitrogen and oxygen atoms in total. The summed E-state index contributed by atoms with van der Waals surface area (Å²) in [7, 11) is 1.61. The summed E-state index contributed by atoms with van der Waals surface area (Å²) in [5.41, 5.74) is -0.0168. The summed E-state index contributed by atoms with van der Waals surface area (Å²) in [6.07, 6.45) is 0. The Hall–Kier alpha value is -2.33. The number of nitrogens with one attached hydrogen (secondary N) is 1. The second-order valence-corrected chi connectivity index (χ2v) is 5.17. The van der Waals surface area contributed by atoms with Crippen LogP contribution in [0.4, 0.5) is 0 Å². The summed E-state index contributed by atoms with van der Waals surface area (Å²) >= 11 is 0. The molecule has 1 aliphatic heterocycles. The van der Waals surface area contributed by atoms with E-state index in [1.54, 1.807) is 19.2 Å². The van der Waals surface area contributed by atoms with Gasteiger partial charge in [0, 0.05) is 12.5 Å². The zero-order chi connectivity index (χ0) is 14.9. The van der Waals surface area contributed by atoms with Crippen LogP contribution >= 0.6 is 0 Å². The molecule has 2 aromatic rings. The molecule has 0 saturated carbocycles. The van der Waals surface area contributed by atoms with Gasteiger partial charge in [-0.05, 0) is 23.3 Å². The van der Waals surface area contributed by atoms with E-state index in [4.69, 9.17) is 4.74 Å². The van der Waals surface area contributed by atoms with Gasteiger partial charge in [-0.2, -0.15) is 0 Å². The Morgan fingerprint density at radius 1 is 1.14 bits per heavy atom. The maximum Gasteiger partial charge on any atom is 0.257 e. The average molecular weight is 283 g/mol. The summed E-state index contributed by atoms with van der Waals surface area (Å²) in [6.45, 7) is 0.413. The lowest BCUT2D eigenvalue weighted by atomic mass is 9.79. The third-order valence-electron chi connectivity index (χ3n) is 4.05. The van der Waals surface area contributed by atoms with E-state index in [0.29, 0.717) is 12.1 Å². The maximum absolute atomic E-state index is 12.2. The van der Waals surface area contributed by atoms with Crippen molar-refractivity contribution in [1.29, 1.82) is 0 Å². The lowest BCUT2D eigenvalue weighted by Crippen LogP contribution is -2.38. The number of carbonyl (C=O) groups is 1. The van der Waals surface area contributed by atoms with Gasteiger partial charge < -0.3 is 15.2 Å². The van der Waals surface area contributed by atoms with E-state index in [1.165, 1.54) is 0 Å². The van der Waals surface area contributed by atoms with Gasteiger partial charge in [0.15, 0.2) is 5.60 Å². The molecule has 1 fully saturated rings. The molecule has 0 aromatic heterocycles. The van der Waals surface area contributed by atoms with Gasteiger partial charge in [0.2, 0.25) is 0 Å². The topological polar surface area (TPSA) is 58.6 Å². The van der Waals surface area contributed by atoms with Crippen molar-refractivity contribution >= 4 is 5.91 Å². The fourth-order valence-corrected chi connectivity index (χ4v) is 2.86. The monoisotopic (exact) mass is 283 g/mol. The molecule has 108 valence electrons. The minimum Gasteiger partial charge on any atom is -0.497 e. The Kier molecular flexibility index (Phi) is 3.39. The molecule has 1 amide bonds. The van der Waals surface area contributed by atoms with E-state index in [1.807, 2.05) is 42.5 Å². The van der Waals surface area contributed by atoms with E-state index in [9.17, 15) is 9.90 Å². The van der Waals surface area contributed by atoms with Crippen LogP contribution < -0.4 is 10.1 Å². The zero-order valence-corrected chi connectivity index (χ0v) is 11.7. The average Bonchev–Trinajstić information content (AvgIpc) is 2.85. The normalized spacial score (nSPS) is 24.7. The Bertz CT molecular complexity index is 639. The lowest BCUT2D eigenvalue weighted by Gasteiger charge is -2.27. The molecule has 1 aliphatic rings. The van der Waals surface area contributed by atoms with Crippen molar-refractivity contribution in [3.05, 3.63) is 65.7 Å². The molecule has 0 bridgehead atoms. The lowest BCUT2D eigenvalue weighted by molar-refractivity contribution is -0.137. The highest BCUT2D eigenvalue weighted by molar-refractivity contribution is 5.90. The van der Waals surface area contributed by atoms with Crippen molar-refractivity contribution in [2.24, 2.45) is 0 Å². The van der Waals surface area contributed by atoms with Crippen LogP contribution in [0.5, 0.6) is 5.75 Å². The quantitative estimate of drug-likeness (QED) is 0.903. The standard InChI is InChI=1S/C17H17NO3/c1-21-14-9-7-12(8-10-14)15-11-18-16(19)17(15,20)13-5-3-2-4-6-13/h2-10,15,20H,11H2,1H3,(H,18,19)/t15-,17+/m0/s1. The number of carbonyl (C=O) groups excluding carboxylic acids is 1. The Morgan fingerprint density at radius 2 is 1.81 bits per heavy atom. The van der Waals surface area contributed by atoms with Crippen molar-refractivity contribution in [2.75, 3.05) is 13.7 Å². The summed E-state index contributed by atoms with van der Waals surface area (Å²) in [5, 5.41) is 13.8. The first-order chi connectivity index (χ1) is 10.2. The van der Waals surface area contributed by atoms with Crippen LogP contribution in [0.2, 0.25) is 0 Å². The SMILES string of the molecule is COc1ccc([C@@H]2CNC(=O)[C@@]2(O)c2ccccc2)cc1. The van der Waals surface area contributed by atoms with Gasteiger partial charge in [0.1, 0.15) is 5.75 Å². The predicted octanol–water partition coefficient (Wildman–Crippen LogP) is 1.80. The first kappa shape index (κ1) is 13.6. The molecule has 0 unspecified atom stereocenters. The Balaban J connectivity index is 2.02. The summed E-state index contributed by atoms with van der Waals surface area (Å²) in [4.78, 5) is 12.2. The molecule has 2 atom stereocenters. The largest absolute Gasteiger partial charge is 0.497 e. The van der Waals surface area contributed by atoms with Crippen LogP contribution in [0.25, 0.3) is 0 Å². The molecule has 2 N–H and O–H groups in total. The number of methoxy groups -OCH3 is 1. The Morgan fingerprint density at radius 3 is 2.43 bits per heavy atom. The number of hydrogen-bond donors (Lipinski definition) is 2. The predicted molar refractivity (Wildman–Crippen MR) is 79.1 cm³/mol. The summed E-state index contributed by atoms with van der Waals surface area (Å²) in [6, 6.07) is 16.5. The first-order valence-corrected chi connectivity index (χ1v) is 6.86. The van der Waals surface area contributed by atoms with Crippen LogP contribution in [-0.4, -0.2) is 24.7 Å². The number of aliphatic hydroxyl groups is 1. The number of benzene rings is 2. The van der Waals surface area contributed by atoms with Gasteiger partial charge in [0.25, 0.3) is 5.91 Å². The van der Waals surface area contributed by atoms with Crippen LogP contribution in [-0.2, 0) is 10.4 Å². The van der Waals surface area contributed by atoms with Gasteiger partial charge >= 0.3 is 0 Å². The molecule has 0 spiro atoms. The molecule has 0 aliphatic carbocycles. The Labute approximate surface area is 123 Å². The van der Waals surface area contributed by atoms with E-state index in [2.05, 4.69) is 5.32 Å². The molecular weight excluding hydrogens is 266 g/mol. The highest BCUT2D eigenvalue weighted by Crippen LogP contribution is 2.40. The minimum atomic E-state index is -1.53. The molecule has 1 saturated heterocycles. The van der Waals surface area contributed by atoms with Gasteiger partial charge in [-0.15, -0.1) is 0 Å². The fraction of sp³-hybridized carbons (Fsp3) is 0.235. The molecule has 2 aromatic carbocycles. The van der Waals surface area contributed by atoms with Crippen molar-refractivity contribution < 1.29 is 14.6 Å². The van der Waals surface area contributed by atoms with E-state index in [0.717, 1.165) is 11.3 Å². The van der Waals surface area contributed by atoms with Crippen LogP contribution in [0.15, 0.2) is 54.6 Å².